The molecule has 33 heavy (non-hydrogen) atoms. The topological polar surface area (TPSA) is 61.8 Å². The van der Waals surface area contributed by atoms with Crippen molar-refractivity contribution in [1.29, 1.82) is 0 Å². The maximum atomic E-state index is 5.89. The quantitative estimate of drug-likeness (QED) is 0.254. The summed E-state index contributed by atoms with van der Waals surface area (Å²) in [4.78, 5) is 11.1. The van der Waals surface area contributed by atoms with Crippen LogP contribution in [0, 0.1) is 6.92 Å². The van der Waals surface area contributed by atoms with Gasteiger partial charge in [-0.3, -0.25) is 9.98 Å². The van der Waals surface area contributed by atoms with E-state index in [-0.39, 0.29) is 24.0 Å². The van der Waals surface area contributed by atoms with E-state index in [1.807, 2.05) is 37.4 Å². The number of pyridine rings is 1. The number of aryl methyl sites for hydroxylation is 1. The maximum Gasteiger partial charge on any atom is 0.191 e. The van der Waals surface area contributed by atoms with E-state index in [0.717, 1.165) is 42.5 Å². The molecule has 0 saturated carbocycles. The van der Waals surface area contributed by atoms with Crippen molar-refractivity contribution < 1.29 is 4.74 Å². The van der Waals surface area contributed by atoms with E-state index >= 15 is 0 Å². The molecule has 0 bridgehead atoms. The number of aromatic nitrogens is 1. The van der Waals surface area contributed by atoms with E-state index in [0.29, 0.717) is 19.2 Å². The molecule has 2 N–H and O–H groups in total. The lowest BCUT2D eigenvalue weighted by Crippen LogP contribution is -2.44. The summed E-state index contributed by atoms with van der Waals surface area (Å²) in [6.07, 6.45) is 2.87. The van der Waals surface area contributed by atoms with Crippen LogP contribution in [0.3, 0.4) is 0 Å². The molecule has 1 atom stereocenters. The van der Waals surface area contributed by atoms with Crippen LogP contribution in [0.5, 0.6) is 5.75 Å². The fourth-order valence-electron chi connectivity index (χ4n) is 3.83. The van der Waals surface area contributed by atoms with Crippen LogP contribution in [0.1, 0.15) is 23.2 Å². The van der Waals surface area contributed by atoms with Gasteiger partial charge in [0.15, 0.2) is 5.96 Å². The summed E-state index contributed by atoms with van der Waals surface area (Å²) in [5, 5.41) is 6.99. The lowest BCUT2D eigenvalue weighted by Gasteiger charge is -2.20. The second kappa shape index (κ2) is 12.4. The lowest BCUT2D eigenvalue weighted by atomic mass is 10.2. The van der Waals surface area contributed by atoms with Crippen LogP contribution in [0.15, 0.2) is 77.9 Å². The average molecular weight is 557 g/mol. The first-order valence-corrected chi connectivity index (χ1v) is 11.1. The molecule has 1 fully saturated rings. The Bertz CT molecular complexity index is 1030. The summed E-state index contributed by atoms with van der Waals surface area (Å²) in [7, 11) is 1.81. The zero-order valence-corrected chi connectivity index (χ0v) is 21.5. The molecule has 2 heterocycles. The third-order valence-corrected chi connectivity index (χ3v) is 5.62. The number of benzene rings is 2. The van der Waals surface area contributed by atoms with Crippen molar-refractivity contribution in [2.75, 3.05) is 25.0 Å². The van der Waals surface area contributed by atoms with Gasteiger partial charge in [0.05, 0.1) is 5.69 Å². The summed E-state index contributed by atoms with van der Waals surface area (Å²) >= 11 is 0. The van der Waals surface area contributed by atoms with Crippen molar-refractivity contribution in [2.45, 2.75) is 32.5 Å². The Morgan fingerprint density at radius 3 is 2.73 bits per heavy atom. The van der Waals surface area contributed by atoms with E-state index < -0.39 is 0 Å². The first kappa shape index (κ1) is 24.8. The Balaban J connectivity index is 0.00000306. The van der Waals surface area contributed by atoms with E-state index in [4.69, 9.17) is 4.74 Å². The second-order valence-corrected chi connectivity index (χ2v) is 8.09. The van der Waals surface area contributed by atoms with Crippen LogP contribution in [0.2, 0.25) is 0 Å². The first-order valence-electron chi connectivity index (χ1n) is 11.1. The molecular formula is C26H32IN5O. The molecule has 0 amide bonds. The summed E-state index contributed by atoms with van der Waals surface area (Å²) in [5.74, 6) is 1.66. The highest BCUT2D eigenvalue weighted by Gasteiger charge is 2.23. The van der Waals surface area contributed by atoms with Crippen molar-refractivity contribution in [1.82, 2.24) is 15.6 Å². The predicted molar refractivity (Wildman–Crippen MR) is 146 cm³/mol. The Kier molecular flexibility index (Phi) is 9.35. The van der Waals surface area contributed by atoms with Gasteiger partial charge in [-0.15, -0.1) is 24.0 Å². The Morgan fingerprint density at radius 1 is 1.12 bits per heavy atom. The number of anilines is 1. The van der Waals surface area contributed by atoms with E-state index in [9.17, 15) is 0 Å². The van der Waals surface area contributed by atoms with Crippen LogP contribution in [-0.4, -0.2) is 37.1 Å². The number of guanidine groups is 1. The van der Waals surface area contributed by atoms with Crippen molar-refractivity contribution in [2.24, 2.45) is 4.99 Å². The highest BCUT2D eigenvalue weighted by Crippen LogP contribution is 2.21. The van der Waals surface area contributed by atoms with Gasteiger partial charge in [-0.05, 0) is 55.3 Å². The van der Waals surface area contributed by atoms with Gasteiger partial charge in [0, 0.05) is 44.6 Å². The Hall–Kier alpha value is -2.81. The van der Waals surface area contributed by atoms with Crippen LogP contribution < -0.4 is 20.3 Å². The van der Waals surface area contributed by atoms with E-state index in [1.165, 1.54) is 11.3 Å². The number of hydrogen-bond acceptors (Lipinski definition) is 4. The molecule has 0 spiro atoms. The molecule has 1 saturated heterocycles. The molecule has 0 aliphatic carbocycles. The summed E-state index contributed by atoms with van der Waals surface area (Å²) in [6, 6.07) is 23.1. The maximum absolute atomic E-state index is 5.89. The number of nitrogens with one attached hydrogen (secondary N) is 2. The molecule has 7 heteroatoms. The fraction of sp³-hybridized carbons (Fsp3) is 0.308. The van der Waals surface area contributed by atoms with Gasteiger partial charge < -0.3 is 20.3 Å². The number of hydrogen-bond donors (Lipinski definition) is 2. The van der Waals surface area contributed by atoms with Gasteiger partial charge in [0.1, 0.15) is 12.4 Å². The second-order valence-electron chi connectivity index (χ2n) is 8.09. The normalized spacial score (nSPS) is 15.6. The van der Waals surface area contributed by atoms with Crippen LogP contribution in [0.4, 0.5) is 5.69 Å². The largest absolute Gasteiger partial charge is 0.487 e. The summed E-state index contributed by atoms with van der Waals surface area (Å²) in [5.41, 5.74) is 4.62. The minimum absolute atomic E-state index is 0. The molecule has 1 aliphatic rings. The molecule has 3 aromatic rings. The minimum atomic E-state index is 0. The van der Waals surface area contributed by atoms with Crippen molar-refractivity contribution >= 4 is 35.6 Å². The molecule has 4 rings (SSSR count). The van der Waals surface area contributed by atoms with Crippen LogP contribution >= 0.6 is 24.0 Å². The fourth-order valence-corrected chi connectivity index (χ4v) is 3.83. The van der Waals surface area contributed by atoms with Crippen LogP contribution in [0.25, 0.3) is 0 Å². The minimum Gasteiger partial charge on any atom is -0.487 e. The standard InChI is InChI=1S/C26H31N5O.HI/c1-20-9-11-24(12-10-20)31-15-13-22(18-31)30-26(27-2)29-17-21-6-5-8-25(16-21)32-19-23-7-3-4-14-28-23;/h3-12,14,16,22H,13,15,17-19H2,1-2H3,(H2,27,29,30);1H. The summed E-state index contributed by atoms with van der Waals surface area (Å²) < 4.78 is 5.89. The number of rotatable bonds is 7. The van der Waals surface area contributed by atoms with Crippen molar-refractivity contribution in [3.8, 4) is 5.75 Å². The third kappa shape index (κ3) is 7.35. The van der Waals surface area contributed by atoms with Crippen molar-refractivity contribution in [3.05, 3.63) is 89.7 Å². The first-order chi connectivity index (χ1) is 15.7. The molecular weight excluding hydrogens is 525 g/mol. The van der Waals surface area contributed by atoms with Gasteiger partial charge in [-0.25, -0.2) is 0 Å². The Labute approximate surface area is 213 Å². The molecule has 6 nitrogen and oxygen atoms in total. The van der Waals surface area contributed by atoms with Gasteiger partial charge in [0.25, 0.3) is 0 Å². The number of nitrogens with zero attached hydrogens (tertiary/aromatic N) is 3. The molecule has 1 unspecified atom stereocenters. The molecule has 1 aliphatic heterocycles. The number of aliphatic imine (C=N–C) groups is 1. The number of ether oxygens (including phenoxy) is 1. The van der Waals surface area contributed by atoms with Gasteiger partial charge in [-0.1, -0.05) is 35.9 Å². The zero-order chi connectivity index (χ0) is 22.2. The van der Waals surface area contributed by atoms with Crippen LogP contribution in [-0.2, 0) is 13.2 Å². The third-order valence-electron chi connectivity index (χ3n) is 5.62. The predicted octanol–water partition coefficient (Wildman–Crippen LogP) is 4.53. The van der Waals surface area contributed by atoms with E-state index in [2.05, 4.69) is 68.8 Å². The molecule has 0 radical (unpaired) electrons. The zero-order valence-electron chi connectivity index (χ0n) is 19.2. The smallest absolute Gasteiger partial charge is 0.191 e. The molecule has 174 valence electrons. The van der Waals surface area contributed by atoms with Gasteiger partial charge >= 0.3 is 0 Å². The number of halogens is 1. The van der Waals surface area contributed by atoms with E-state index in [1.54, 1.807) is 6.20 Å². The Morgan fingerprint density at radius 2 is 1.97 bits per heavy atom. The monoisotopic (exact) mass is 557 g/mol. The van der Waals surface area contributed by atoms with Gasteiger partial charge in [0.2, 0.25) is 0 Å². The van der Waals surface area contributed by atoms with Gasteiger partial charge in [-0.2, -0.15) is 0 Å². The SMILES string of the molecule is CN=C(NCc1cccc(OCc2ccccn2)c1)NC1CCN(c2ccc(C)cc2)C1.I. The molecule has 2 aromatic carbocycles. The highest BCUT2D eigenvalue weighted by atomic mass is 127. The molecule has 1 aromatic heterocycles. The average Bonchev–Trinajstić information content (AvgIpc) is 3.30. The highest BCUT2D eigenvalue weighted by molar-refractivity contribution is 14.0. The van der Waals surface area contributed by atoms with Crippen molar-refractivity contribution in [3.63, 3.8) is 0 Å². The summed E-state index contributed by atoms with van der Waals surface area (Å²) in [6.45, 7) is 5.28. The lowest BCUT2D eigenvalue weighted by molar-refractivity contribution is 0.301.